The molecule has 0 aromatic heterocycles. The summed E-state index contributed by atoms with van der Waals surface area (Å²) in [6.45, 7) is 19.2. The third-order valence-electron chi connectivity index (χ3n) is 5.51. The van der Waals surface area contributed by atoms with E-state index in [-0.39, 0.29) is 0 Å². The van der Waals surface area contributed by atoms with Gasteiger partial charge in [0.15, 0.2) is 8.32 Å². The average Bonchev–Trinajstić information content (AvgIpc) is 2.60. The van der Waals surface area contributed by atoms with Crippen molar-refractivity contribution < 1.29 is 4.43 Å². The van der Waals surface area contributed by atoms with Crippen molar-refractivity contribution in [3.8, 4) is 0 Å². The Kier molecular flexibility index (Phi) is 12.3. The fourth-order valence-corrected chi connectivity index (χ4v) is 5.09. The molecule has 0 radical (unpaired) electrons. The van der Waals surface area contributed by atoms with Crippen LogP contribution in [0, 0.1) is 0 Å². The summed E-state index contributed by atoms with van der Waals surface area (Å²) in [6, 6.07) is 0. The Morgan fingerprint density at radius 1 is 0.800 bits per heavy atom. The Bertz CT molecular complexity index is 310. The summed E-state index contributed by atoms with van der Waals surface area (Å²) in [5, 5.41) is 0. The van der Waals surface area contributed by atoms with Gasteiger partial charge in [-0.15, -0.1) is 0 Å². The molecule has 0 bridgehead atoms. The van der Waals surface area contributed by atoms with Crippen molar-refractivity contribution in [3.05, 3.63) is 0 Å². The fraction of sp³-hybridized carbons (Fsp3) is 1.00. The van der Waals surface area contributed by atoms with Gasteiger partial charge in [0.1, 0.15) is 0 Å². The summed E-state index contributed by atoms with van der Waals surface area (Å²) >= 11 is 0. The predicted octanol–water partition coefficient (Wildman–Crippen LogP) is 3.68. The van der Waals surface area contributed by atoms with Crippen molar-refractivity contribution in [1.29, 1.82) is 0 Å². The molecule has 5 heteroatoms. The lowest BCUT2D eigenvalue weighted by Gasteiger charge is -2.38. The molecule has 0 aromatic carbocycles. The lowest BCUT2D eigenvalue weighted by Crippen LogP contribution is -2.53. The molecule has 0 atom stereocenters. The van der Waals surface area contributed by atoms with Gasteiger partial charge in [-0.2, -0.15) is 0 Å². The first-order valence-corrected chi connectivity index (χ1v) is 13.8. The van der Waals surface area contributed by atoms with E-state index in [9.17, 15) is 0 Å². The molecule has 1 aliphatic rings. The third kappa shape index (κ3) is 10.7. The summed E-state index contributed by atoms with van der Waals surface area (Å²) in [4.78, 5) is 8.01. The molecular weight excluding hydrogens is 326 g/mol. The number of hydrogen-bond donors (Lipinski definition) is 0. The van der Waals surface area contributed by atoms with E-state index in [4.69, 9.17) is 4.43 Å². The Labute approximate surface area is 159 Å². The van der Waals surface area contributed by atoms with Gasteiger partial charge in [-0.25, -0.2) is 0 Å². The van der Waals surface area contributed by atoms with Crippen molar-refractivity contribution in [2.75, 3.05) is 65.6 Å². The zero-order chi connectivity index (χ0) is 18.5. The van der Waals surface area contributed by atoms with Crippen LogP contribution in [0.15, 0.2) is 0 Å². The molecule has 0 spiro atoms. The van der Waals surface area contributed by atoms with Crippen LogP contribution in [-0.2, 0) is 4.43 Å². The largest absolute Gasteiger partial charge is 0.419 e. The summed E-state index contributed by atoms with van der Waals surface area (Å²) in [6.07, 6.45) is 9.32. The lowest BCUT2D eigenvalue weighted by molar-refractivity contribution is 0.125. The molecular formula is C20H45N3OSi. The zero-order valence-corrected chi connectivity index (χ0v) is 18.9. The Hall–Kier alpha value is 0.0569. The summed E-state index contributed by atoms with van der Waals surface area (Å²) in [5.41, 5.74) is 0. The highest BCUT2D eigenvalue weighted by Gasteiger charge is 2.26. The maximum atomic E-state index is 5.72. The van der Waals surface area contributed by atoms with Gasteiger partial charge in [-0.1, -0.05) is 39.5 Å². The first-order chi connectivity index (χ1) is 12.0. The lowest BCUT2D eigenvalue weighted by atomic mass is 10.2. The topological polar surface area (TPSA) is 19.0 Å². The molecule has 150 valence electrons. The monoisotopic (exact) mass is 371 g/mol. The first kappa shape index (κ1) is 23.1. The molecule has 0 amide bonds. The number of piperazine rings is 1. The average molecular weight is 372 g/mol. The van der Waals surface area contributed by atoms with Gasteiger partial charge < -0.3 is 14.2 Å². The van der Waals surface area contributed by atoms with Crippen LogP contribution in [0.3, 0.4) is 0 Å². The molecule has 0 unspecified atom stereocenters. The molecule has 1 rings (SSSR count). The molecule has 0 aromatic rings. The quantitative estimate of drug-likeness (QED) is 0.342. The molecule has 0 aliphatic carbocycles. The summed E-state index contributed by atoms with van der Waals surface area (Å²) in [5.74, 6) is 0. The smallest absolute Gasteiger partial charge is 0.199 e. The first-order valence-electron chi connectivity index (χ1n) is 10.7. The van der Waals surface area contributed by atoms with Crippen LogP contribution in [0.4, 0.5) is 0 Å². The number of rotatable bonds is 14. The Morgan fingerprint density at radius 3 is 1.80 bits per heavy atom. The normalized spacial score (nSPS) is 17.5. The maximum absolute atomic E-state index is 5.72. The predicted molar refractivity (Wildman–Crippen MR) is 113 cm³/mol. The molecule has 4 nitrogen and oxygen atoms in total. The van der Waals surface area contributed by atoms with Gasteiger partial charge in [-0.3, -0.25) is 4.90 Å². The highest BCUT2D eigenvalue weighted by Crippen LogP contribution is 2.10. The van der Waals surface area contributed by atoms with E-state index in [1.54, 1.807) is 0 Å². The Balaban J connectivity index is 2.27. The molecule has 1 saturated heterocycles. The van der Waals surface area contributed by atoms with Gasteiger partial charge in [0.2, 0.25) is 0 Å². The molecule has 0 N–H and O–H groups in total. The van der Waals surface area contributed by atoms with Crippen LogP contribution in [0.5, 0.6) is 0 Å². The van der Waals surface area contributed by atoms with Crippen LogP contribution in [0.2, 0.25) is 13.1 Å². The fourth-order valence-electron chi connectivity index (χ4n) is 3.56. The zero-order valence-electron chi connectivity index (χ0n) is 17.9. The van der Waals surface area contributed by atoms with E-state index < -0.39 is 8.32 Å². The van der Waals surface area contributed by atoms with Crippen LogP contribution >= 0.6 is 0 Å². The van der Waals surface area contributed by atoms with E-state index in [0.717, 1.165) is 0 Å². The number of nitrogens with zero attached hydrogens (tertiary/aromatic N) is 3. The van der Waals surface area contributed by atoms with Crippen LogP contribution in [0.1, 0.15) is 52.4 Å². The van der Waals surface area contributed by atoms with E-state index >= 15 is 0 Å². The summed E-state index contributed by atoms with van der Waals surface area (Å²) in [7, 11) is 0.422. The van der Waals surface area contributed by atoms with E-state index in [0.29, 0.717) is 0 Å². The number of unbranched alkanes of at least 4 members (excludes halogenated alkanes) is 4. The molecule has 1 heterocycles. The molecule has 1 fully saturated rings. The maximum Gasteiger partial charge on any atom is 0.199 e. The van der Waals surface area contributed by atoms with E-state index in [1.165, 1.54) is 97.1 Å². The van der Waals surface area contributed by atoms with E-state index in [1.807, 2.05) is 7.11 Å². The van der Waals surface area contributed by atoms with Gasteiger partial charge in [0.05, 0.1) is 0 Å². The highest BCUT2D eigenvalue weighted by atomic mass is 28.4. The van der Waals surface area contributed by atoms with Crippen LogP contribution in [0.25, 0.3) is 0 Å². The van der Waals surface area contributed by atoms with Gasteiger partial charge in [0.25, 0.3) is 0 Å². The molecule has 1 aliphatic heterocycles. The minimum Gasteiger partial charge on any atom is -0.419 e. The van der Waals surface area contributed by atoms with Gasteiger partial charge in [-0.05, 0) is 39.0 Å². The SMILES string of the molecule is CCCCCN(CCCCC)CCN1CCN(C[Si](C)(C)OC)CC1. The minimum absolute atomic E-state index is 1.18. The molecule has 0 saturated carbocycles. The highest BCUT2D eigenvalue weighted by molar-refractivity contribution is 6.71. The minimum atomic E-state index is -1.46. The van der Waals surface area contributed by atoms with Gasteiger partial charge in [0, 0.05) is 52.5 Å². The third-order valence-corrected chi connectivity index (χ3v) is 7.82. The van der Waals surface area contributed by atoms with Gasteiger partial charge >= 0.3 is 0 Å². The second-order valence-electron chi connectivity index (χ2n) is 8.34. The van der Waals surface area contributed by atoms with Crippen molar-refractivity contribution >= 4 is 8.32 Å². The summed E-state index contributed by atoms with van der Waals surface area (Å²) < 4.78 is 5.72. The van der Waals surface area contributed by atoms with Crippen molar-refractivity contribution in [2.45, 2.75) is 65.5 Å². The van der Waals surface area contributed by atoms with Crippen LogP contribution < -0.4 is 0 Å². The van der Waals surface area contributed by atoms with Crippen molar-refractivity contribution in [2.24, 2.45) is 0 Å². The second-order valence-corrected chi connectivity index (χ2v) is 12.6. The van der Waals surface area contributed by atoms with E-state index in [2.05, 4.69) is 41.6 Å². The van der Waals surface area contributed by atoms with Crippen LogP contribution in [-0.4, -0.2) is 88.7 Å². The van der Waals surface area contributed by atoms with Crippen molar-refractivity contribution in [3.63, 3.8) is 0 Å². The van der Waals surface area contributed by atoms with Crippen molar-refractivity contribution in [1.82, 2.24) is 14.7 Å². The molecule has 25 heavy (non-hydrogen) atoms. The Morgan fingerprint density at radius 2 is 1.32 bits per heavy atom. The standard InChI is InChI=1S/C20H45N3OSi/c1-6-8-10-12-21(13-11-9-7-2)14-15-22-16-18-23(19-17-22)20-25(4,5)24-3/h6-20H2,1-5H3. The second kappa shape index (κ2) is 13.3. The number of hydrogen-bond acceptors (Lipinski definition) is 4.